The molecule has 2 aromatic rings. The Morgan fingerprint density at radius 3 is 2.62 bits per heavy atom. The van der Waals surface area contributed by atoms with E-state index < -0.39 is 0 Å². The normalized spacial score (nSPS) is 12.8. The van der Waals surface area contributed by atoms with E-state index in [1.54, 1.807) is 0 Å². The quantitative estimate of drug-likeness (QED) is 0.879. The maximum Gasteiger partial charge on any atom is 0.231 e. The average Bonchev–Trinajstić information content (AvgIpc) is 2.94. The van der Waals surface area contributed by atoms with Gasteiger partial charge in [-0.15, -0.1) is 0 Å². The van der Waals surface area contributed by atoms with E-state index in [1.807, 2.05) is 12.1 Å². The van der Waals surface area contributed by atoms with Gasteiger partial charge in [0.15, 0.2) is 11.5 Å². The van der Waals surface area contributed by atoms with Crippen LogP contribution in [-0.4, -0.2) is 6.79 Å². The van der Waals surface area contributed by atoms with Gasteiger partial charge in [-0.25, -0.2) is 0 Å². The predicted octanol–water partition coefficient (Wildman–Crippen LogP) is 4.80. The standard InChI is InChI=1S/C17H18ClNO2/c1-11(2)13-3-5-14(6-4-13)19-9-12-7-15(18)17-16(8-12)20-10-21-17/h3-8,11,19H,9-10H2,1-2H3. The van der Waals surface area contributed by atoms with Crippen LogP contribution >= 0.6 is 11.6 Å². The molecule has 0 atom stereocenters. The number of hydrogen-bond acceptors (Lipinski definition) is 3. The molecule has 3 rings (SSSR count). The topological polar surface area (TPSA) is 30.5 Å². The fraction of sp³-hybridized carbons (Fsp3) is 0.294. The number of anilines is 1. The molecule has 0 saturated carbocycles. The molecule has 1 aliphatic heterocycles. The van der Waals surface area contributed by atoms with Crippen LogP contribution in [-0.2, 0) is 6.54 Å². The maximum absolute atomic E-state index is 6.18. The van der Waals surface area contributed by atoms with Crippen LogP contribution in [0.4, 0.5) is 5.69 Å². The molecule has 1 N–H and O–H groups in total. The van der Waals surface area contributed by atoms with Crippen molar-refractivity contribution < 1.29 is 9.47 Å². The first kappa shape index (κ1) is 14.1. The SMILES string of the molecule is CC(C)c1ccc(NCc2cc(Cl)c3c(c2)OCO3)cc1. The van der Waals surface area contributed by atoms with Gasteiger partial charge < -0.3 is 14.8 Å². The number of halogens is 1. The second-order valence-electron chi connectivity index (χ2n) is 5.44. The lowest BCUT2D eigenvalue weighted by molar-refractivity contribution is 0.174. The van der Waals surface area contributed by atoms with E-state index in [-0.39, 0.29) is 6.79 Å². The summed E-state index contributed by atoms with van der Waals surface area (Å²) in [6, 6.07) is 12.4. The number of nitrogens with one attached hydrogen (secondary N) is 1. The minimum atomic E-state index is 0.239. The van der Waals surface area contributed by atoms with Crippen LogP contribution in [0.3, 0.4) is 0 Å². The van der Waals surface area contributed by atoms with Crippen LogP contribution in [0.1, 0.15) is 30.9 Å². The van der Waals surface area contributed by atoms with E-state index >= 15 is 0 Å². The Hall–Kier alpha value is -1.87. The molecule has 0 fully saturated rings. The van der Waals surface area contributed by atoms with Crippen molar-refractivity contribution in [2.24, 2.45) is 0 Å². The molecule has 0 saturated heterocycles. The van der Waals surface area contributed by atoms with Gasteiger partial charge in [0.25, 0.3) is 0 Å². The number of benzene rings is 2. The molecule has 0 amide bonds. The molecule has 0 aromatic heterocycles. The highest BCUT2D eigenvalue weighted by molar-refractivity contribution is 6.32. The first-order chi connectivity index (χ1) is 10.1. The number of fused-ring (bicyclic) bond motifs is 1. The van der Waals surface area contributed by atoms with Crippen LogP contribution in [0.15, 0.2) is 36.4 Å². The Labute approximate surface area is 129 Å². The molecular weight excluding hydrogens is 286 g/mol. The van der Waals surface area contributed by atoms with Crippen molar-refractivity contribution in [1.29, 1.82) is 0 Å². The third kappa shape index (κ3) is 3.08. The first-order valence-corrected chi connectivity index (χ1v) is 7.43. The summed E-state index contributed by atoms with van der Waals surface area (Å²) in [4.78, 5) is 0. The Morgan fingerprint density at radius 1 is 1.14 bits per heavy atom. The van der Waals surface area contributed by atoms with Gasteiger partial charge >= 0.3 is 0 Å². The summed E-state index contributed by atoms with van der Waals surface area (Å²) in [5.74, 6) is 1.91. The van der Waals surface area contributed by atoms with Crippen molar-refractivity contribution in [3.05, 3.63) is 52.5 Å². The summed E-state index contributed by atoms with van der Waals surface area (Å²) in [5.41, 5.74) is 3.50. The monoisotopic (exact) mass is 303 g/mol. The van der Waals surface area contributed by atoms with Crippen molar-refractivity contribution in [2.45, 2.75) is 26.3 Å². The molecule has 4 heteroatoms. The lowest BCUT2D eigenvalue weighted by atomic mass is 10.0. The molecule has 0 spiro atoms. The van der Waals surface area contributed by atoms with Gasteiger partial charge in [-0.2, -0.15) is 0 Å². The smallest absolute Gasteiger partial charge is 0.231 e. The van der Waals surface area contributed by atoms with Gasteiger partial charge in [-0.1, -0.05) is 37.6 Å². The molecule has 1 heterocycles. The van der Waals surface area contributed by atoms with Gasteiger partial charge in [0, 0.05) is 12.2 Å². The Bertz CT molecular complexity index is 638. The van der Waals surface area contributed by atoms with Gasteiger partial charge in [0.2, 0.25) is 6.79 Å². The summed E-state index contributed by atoms with van der Waals surface area (Å²) >= 11 is 6.18. The Morgan fingerprint density at radius 2 is 1.90 bits per heavy atom. The molecular formula is C17H18ClNO2. The van der Waals surface area contributed by atoms with Crippen molar-refractivity contribution >= 4 is 17.3 Å². The van der Waals surface area contributed by atoms with Gasteiger partial charge in [-0.3, -0.25) is 0 Å². The lowest BCUT2D eigenvalue weighted by Crippen LogP contribution is -2.00. The molecule has 0 bridgehead atoms. The highest BCUT2D eigenvalue weighted by Crippen LogP contribution is 2.39. The summed E-state index contributed by atoms with van der Waals surface area (Å²) < 4.78 is 10.7. The predicted molar refractivity (Wildman–Crippen MR) is 85.4 cm³/mol. The van der Waals surface area contributed by atoms with Crippen LogP contribution in [0.5, 0.6) is 11.5 Å². The summed E-state index contributed by atoms with van der Waals surface area (Å²) in [6.07, 6.45) is 0. The largest absolute Gasteiger partial charge is 0.454 e. The first-order valence-electron chi connectivity index (χ1n) is 7.05. The van der Waals surface area contributed by atoms with E-state index in [0.717, 1.165) is 17.0 Å². The summed E-state index contributed by atoms with van der Waals surface area (Å²) in [6.45, 7) is 5.31. The van der Waals surface area contributed by atoms with Crippen LogP contribution in [0, 0.1) is 0 Å². The third-order valence-corrected chi connectivity index (χ3v) is 3.84. The molecule has 110 valence electrons. The van der Waals surface area contributed by atoms with E-state index in [4.69, 9.17) is 21.1 Å². The number of hydrogen-bond donors (Lipinski definition) is 1. The van der Waals surface area contributed by atoms with Crippen molar-refractivity contribution in [3.8, 4) is 11.5 Å². The molecule has 3 nitrogen and oxygen atoms in total. The van der Waals surface area contributed by atoms with Crippen molar-refractivity contribution in [2.75, 3.05) is 12.1 Å². The lowest BCUT2D eigenvalue weighted by Gasteiger charge is -2.10. The van der Waals surface area contributed by atoms with Gasteiger partial charge in [0.05, 0.1) is 5.02 Å². The zero-order valence-corrected chi connectivity index (χ0v) is 12.9. The van der Waals surface area contributed by atoms with Gasteiger partial charge in [-0.05, 0) is 41.3 Å². The molecule has 1 aliphatic rings. The number of rotatable bonds is 4. The second-order valence-corrected chi connectivity index (χ2v) is 5.85. The van der Waals surface area contributed by atoms with E-state index in [2.05, 4.69) is 43.4 Å². The molecule has 0 unspecified atom stereocenters. The maximum atomic E-state index is 6.18. The third-order valence-electron chi connectivity index (χ3n) is 3.56. The zero-order valence-electron chi connectivity index (χ0n) is 12.2. The average molecular weight is 304 g/mol. The fourth-order valence-electron chi connectivity index (χ4n) is 2.31. The molecule has 21 heavy (non-hydrogen) atoms. The molecule has 0 radical (unpaired) electrons. The Kier molecular flexibility index (Phi) is 3.93. The highest BCUT2D eigenvalue weighted by atomic mass is 35.5. The van der Waals surface area contributed by atoms with Crippen LogP contribution in [0.2, 0.25) is 5.02 Å². The second kappa shape index (κ2) is 5.86. The molecule has 0 aliphatic carbocycles. The summed E-state index contributed by atoms with van der Waals surface area (Å²) in [5, 5.41) is 3.98. The van der Waals surface area contributed by atoms with Crippen LogP contribution < -0.4 is 14.8 Å². The van der Waals surface area contributed by atoms with E-state index in [0.29, 0.717) is 23.2 Å². The van der Waals surface area contributed by atoms with Crippen LogP contribution in [0.25, 0.3) is 0 Å². The van der Waals surface area contributed by atoms with Gasteiger partial charge in [0.1, 0.15) is 0 Å². The van der Waals surface area contributed by atoms with Crippen molar-refractivity contribution in [1.82, 2.24) is 0 Å². The minimum Gasteiger partial charge on any atom is -0.454 e. The number of ether oxygens (including phenoxy) is 2. The molecule has 2 aromatic carbocycles. The Balaban J connectivity index is 1.69. The fourth-order valence-corrected chi connectivity index (χ4v) is 2.60. The zero-order chi connectivity index (χ0) is 14.8. The van der Waals surface area contributed by atoms with E-state index in [1.165, 1.54) is 5.56 Å². The minimum absolute atomic E-state index is 0.239. The summed E-state index contributed by atoms with van der Waals surface area (Å²) in [7, 11) is 0. The van der Waals surface area contributed by atoms with E-state index in [9.17, 15) is 0 Å². The highest BCUT2D eigenvalue weighted by Gasteiger charge is 2.18. The van der Waals surface area contributed by atoms with Crippen molar-refractivity contribution in [3.63, 3.8) is 0 Å².